The van der Waals surface area contributed by atoms with Crippen LogP contribution in [0.15, 0.2) is 40.5 Å². The Morgan fingerprint density at radius 2 is 2.17 bits per heavy atom. The maximum absolute atomic E-state index is 13.3. The van der Waals surface area contributed by atoms with Gasteiger partial charge in [-0.1, -0.05) is 23.7 Å². The van der Waals surface area contributed by atoms with Crippen molar-refractivity contribution in [2.24, 2.45) is 4.99 Å². The first kappa shape index (κ1) is 20.0. The van der Waals surface area contributed by atoms with Crippen LogP contribution in [0, 0.1) is 12.7 Å². The number of aryl methyl sites for hydroxylation is 1. The van der Waals surface area contributed by atoms with Gasteiger partial charge in [0.2, 0.25) is 0 Å². The SMILES string of the molecule is Cc1nc(C(=O)N2CCC[C@H]2CNN2C=C(Cl)C=NC2)c(-c2ccc(F)cc2)s1. The van der Waals surface area contributed by atoms with Crippen LogP contribution in [0.2, 0.25) is 0 Å². The number of nitrogens with one attached hydrogen (secondary N) is 1. The number of thiazole rings is 1. The van der Waals surface area contributed by atoms with Gasteiger partial charge in [0, 0.05) is 31.5 Å². The minimum Gasteiger partial charge on any atom is -0.333 e. The summed E-state index contributed by atoms with van der Waals surface area (Å²) >= 11 is 7.44. The highest BCUT2D eigenvalue weighted by Crippen LogP contribution is 2.32. The molecule has 1 aromatic carbocycles. The summed E-state index contributed by atoms with van der Waals surface area (Å²) < 4.78 is 13.3. The van der Waals surface area contributed by atoms with E-state index in [2.05, 4.69) is 15.4 Å². The van der Waals surface area contributed by atoms with Crippen molar-refractivity contribution in [1.29, 1.82) is 0 Å². The lowest BCUT2D eigenvalue weighted by atomic mass is 10.1. The van der Waals surface area contributed by atoms with Crippen molar-refractivity contribution in [2.45, 2.75) is 25.8 Å². The number of allylic oxidation sites excluding steroid dienone is 1. The van der Waals surface area contributed by atoms with E-state index in [0.29, 0.717) is 30.5 Å². The van der Waals surface area contributed by atoms with E-state index in [0.717, 1.165) is 28.3 Å². The molecule has 6 nitrogen and oxygen atoms in total. The highest BCUT2D eigenvalue weighted by molar-refractivity contribution is 7.15. The summed E-state index contributed by atoms with van der Waals surface area (Å²) in [7, 11) is 0. The number of likely N-dealkylation sites (tertiary alicyclic amines) is 1. The van der Waals surface area contributed by atoms with Crippen LogP contribution >= 0.6 is 22.9 Å². The van der Waals surface area contributed by atoms with Crippen molar-refractivity contribution in [3.05, 3.63) is 52.0 Å². The second-order valence-corrected chi connectivity index (χ2v) is 8.65. The number of carbonyl (C=O) groups excluding carboxylic acids is 1. The molecule has 1 N–H and O–H groups in total. The number of carbonyl (C=O) groups is 1. The molecule has 0 unspecified atom stereocenters. The molecule has 3 heterocycles. The van der Waals surface area contributed by atoms with Crippen LogP contribution in [0.5, 0.6) is 0 Å². The van der Waals surface area contributed by atoms with Crippen LogP contribution in [0.25, 0.3) is 10.4 Å². The minimum atomic E-state index is -0.301. The van der Waals surface area contributed by atoms with Gasteiger partial charge in [-0.25, -0.2) is 14.8 Å². The number of hydrogen-bond acceptors (Lipinski definition) is 6. The molecular formula is C20H21ClFN5OS. The van der Waals surface area contributed by atoms with Gasteiger partial charge in [-0.2, -0.15) is 0 Å². The summed E-state index contributed by atoms with van der Waals surface area (Å²) in [6, 6.07) is 6.25. The average Bonchev–Trinajstić information content (AvgIpc) is 3.33. The lowest BCUT2D eigenvalue weighted by Crippen LogP contribution is -2.46. The summed E-state index contributed by atoms with van der Waals surface area (Å²) in [5, 5.41) is 3.19. The quantitative estimate of drug-likeness (QED) is 0.779. The highest BCUT2D eigenvalue weighted by atomic mass is 35.5. The van der Waals surface area contributed by atoms with Crippen molar-refractivity contribution < 1.29 is 9.18 Å². The Balaban J connectivity index is 1.50. The molecule has 0 spiro atoms. The number of halogens is 2. The van der Waals surface area contributed by atoms with Crippen molar-refractivity contribution in [2.75, 3.05) is 19.8 Å². The molecule has 4 rings (SSSR count). The van der Waals surface area contributed by atoms with Crippen molar-refractivity contribution in [3.8, 4) is 10.4 Å². The zero-order chi connectivity index (χ0) is 20.4. The normalized spacial score (nSPS) is 19.0. The molecular weight excluding hydrogens is 413 g/mol. The highest BCUT2D eigenvalue weighted by Gasteiger charge is 2.32. The molecule has 2 aromatic rings. The number of hydrogen-bond donors (Lipinski definition) is 1. The maximum Gasteiger partial charge on any atom is 0.274 e. The lowest BCUT2D eigenvalue weighted by molar-refractivity contribution is 0.0717. The molecule has 1 amide bonds. The van der Waals surface area contributed by atoms with Crippen molar-refractivity contribution >= 4 is 35.1 Å². The number of aromatic nitrogens is 1. The number of nitrogens with zero attached hydrogens (tertiary/aromatic N) is 4. The molecule has 0 saturated carbocycles. The standard InChI is InChI=1S/C20H21ClFN5OS/c1-13-25-18(19(29-13)14-4-6-16(22)7-5-14)20(28)27-8-2-3-17(27)10-24-26-11-15(21)9-23-12-26/h4-7,9,11,17,24H,2-3,8,10,12H2,1H3/t17-/m0/s1. The second kappa shape index (κ2) is 8.61. The third-order valence-corrected chi connectivity index (χ3v) is 6.15. The predicted octanol–water partition coefficient (Wildman–Crippen LogP) is 3.79. The predicted molar refractivity (Wildman–Crippen MR) is 113 cm³/mol. The van der Waals surface area contributed by atoms with Gasteiger partial charge in [-0.05, 0) is 37.5 Å². The van der Waals surface area contributed by atoms with Crippen LogP contribution in [0.4, 0.5) is 4.39 Å². The molecule has 9 heteroatoms. The minimum absolute atomic E-state index is 0.0589. The Morgan fingerprint density at radius 1 is 1.38 bits per heavy atom. The summed E-state index contributed by atoms with van der Waals surface area (Å²) in [5.74, 6) is -0.382. The summed E-state index contributed by atoms with van der Waals surface area (Å²) in [4.78, 5) is 24.7. The molecule has 1 saturated heterocycles. The van der Waals surface area contributed by atoms with E-state index < -0.39 is 0 Å². The first-order valence-corrected chi connectivity index (χ1v) is 10.6. The van der Waals surface area contributed by atoms with Gasteiger partial charge in [0.15, 0.2) is 0 Å². The Kier molecular flexibility index (Phi) is 5.94. The zero-order valence-electron chi connectivity index (χ0n) is 15.9. The van der Waals surface area contributed by atoms with Gasteiger partial charge < -0.3 is 4.90 Å². The first-order valence-electron chi connectivity index (χ1n) is 9.43. The first-order chi connectivity index (χ1) is 14.0. The number of hydrazine groups is 1. The van der Waals surface area contributed by atoms with Crippen molar-refractivity contribution in [3.63, 3.8) is 0 Å². The largest absolute Gasteiger partial charge is 0.333 e. The van der Waals surface area contributed by atoms with E-state index in [9.17, 15) is 9.18 Å². The third-order valence-electron chi connectivity index (χ3n) is 4.94. The Morgan fingerprint density at radius 3 is 2.93 bits per heavy atom. The van der Waals surface area contributed by atoms with Gasteiger partial charge in [0.1, 0.15) is 18.2 Å². The summed E-state index contributed by atoms with van der Waals surface area (Å²) in [6.45, 7) is 3.66. The number of amides is 1. The number of benzene rings is 1. The van der Waals surface area contributed by atoms with Crippen LogP contribution in [0.3, 0.4) is 0 Å². The fourth-order valence-corrected chi connectivity index (χ4v) is 4.68. The summed E-state index contributed by atoms with van der Waals surface area (Å²) in [6.07, 6.45) is 5.27. The van der Waals surface area contributed by atoms with Gasteiger partial charge >= 0.3 is 0 Å². The Labute approximate surface area is 177 Å². The smallest absolute Gasteiger partial charge is 0.274 e. The van der Waals surface area contributed by atoms with E-state index in [1.165, 1.54) is 23.5 Å². The average molecular weight is 434 g/mol. The zero-order valence-corrected chi connectivity index (χ0v) is 17.5. The van der Waals surface area contributed by atoms with E-state index in [1.807, 2.05) is 16.8 Å². The molecule has 0 aliphatic carbocycles. The number of rotatable bonds is 5. The van der Waals surface area contributed by atoms with Gasteiger partial charge in [0.05, 0.1) is 14.9 Å². The van der Waals surface area contributed by atoms with Gasteiger partial charge in [-0.15, -0.1) is 11.3 Å². The van der Waals surface area contributed by atoms with E-state index in [-0.39, 0.29) is 17.8 Å². The van der Waals surface area contributed by atoms with Crippen LogP contribution in [-0.4, -0.2) is 52.8 Å². The topological polar surface area (TPSA) is 60.8 Å². The van der Waals surface area contributed by atoms with Crippen molar-refractivity contribution in [1.82, 2.24) is 20.3 Å². The van der Waals surface area contributed by atoms with Crippen LogP contribution in [-0.2, 0) is 0 Å². The molecule has 152 valence electrons. The second-order valence-electron chi connectivity index (χ2n) is 7.01. The monoisotopic (exact) mass is 433 g/mol. The third kappa shape index (κ3) is 4.49. The Hall–Kier alpha value is -2.29. The van der Waals surface area contributed by atoms with Gasteiger partial charge in [0.25, 0.3) is 5.91 Å². The fourth-order valence-electron chi connectivity index (χ4n) is 3.58. The molecule has 1 atom stereocenters. The van der Waals surface area contributed by atoms with Gasteiger partial charge in [-0.3, -0.25) is 14.8 Å². The number of aliphatic imine (C=N–C) groups is 1. The molecule has 1 aromatic heterocycles. The molecule has 29 heavy (non-hydrogen) atoms. The molecule has 0 radical (unpaired) electrons. The Bertz CT molecular complexity index is 958. The molecule has 2 aliphatic heterocycles. The summed E-state index contributed by atoms with van der Waals surface area (Å²) in [5.41, 5.74) is 4.54. The van der Waals surface area contributed by atoms with E-state index in [4.69, 9.17) is 11.6 Å². The van der Waals surface area contributed by atoms with Crippen LogP contribution < -0.4 is 5.43 Å². The molecule has 0 bridgehead atoms. The van der Waals surface area contributed by atoms with E-state index >= 15 is 0 Å². The van der Waals surface area contributed by atoms with Crippen LogP contribution in [0.1, 0.15) is 28.3 Å². The fraction of sp³-hybridized carbons (Fsp3) is 0.350. The lowest BCUT2D eigenvalue weighted by Gasteiger charge is -2.28. The van der Waals surface area contributed by atoms with E-state index in [1.54, 1.807) is 24.5 Å². The molecule has 2 aliphatic rings. The molecule has 1 fully saturated rings. The maximum atomic E-state index is 13.3.